The average Bonchev–Trinajstić information content (AvgIpc) is 3.16. The first-order chi connectivity index (χ1) is 11.4. The Morgan fingerprint density at radius 2 is 1.88 bits per heavy atom. The summed E-state index contributed by atoms with van der Waals surface area (Å²) < 4.78 is 45.4. The number of rotatable bonds is 4. The summed E-state index contributed by atoms with van der Waals surface area (Å²) in [4.78, 5) is 12.0. The van der Waals surface area contributed by atoms with Gasteiger partial charge < -0.3 is 9.15 Å². The molecule has 0 saturated heterocycles. The fraction of sp³-hybridized carbons (Fsp3) is 0.0714. The molecule has 0 atom stereocenters. The lowest BCUT2D eigenvalue weighted by Crippen LogP contribution is -2.16. The molecule has 6 nitrogen and oxygen atoms in total. The van der Waals surface area contributed by atoms with Crippen LogP contribution >= 0.6 is 11.3 Å². The molecule has 0 saturated carbocycles. The van der Waals surface area contributed by atoms with E-state index < -0.39 is 17.3 Å². The van der Waals surface area contributed by atoms with Gasteiger partial charge in [-0.05, 0) is 24.3 Å². The summed E-state index contributed by atoms with van der Waals surface area (Å²) in [6, 6.07) is 11.0. The molecule has 10 heteroatoms. The molecule has 0 aliphatic heterocycles. The van der Waals surface area contributed by atoms with Crippen molar-refractivity contribution in [2.75, 3.05) is 5.32 Å². The van der Waals surface area contributed by atoms with Crippen LogP contribution in [0.5, 0.6) is 5.06 Å². The summed E-state index contributed by atoms with van der Waals surface area (Å²) in [5.74, 6) is -0.474. The quantitative estimate of drug-likeness (QED) is 0.767. The van der Waals surface area contributed by atoms with Gasteiger partial charge in [0.05, 0.1) is 4.88 Å². The first-order valence-corrected chi connectivity index (χ1v) is 7.28. The SMILES string of the molecule is O=C(Nc1nnc(-c2ccccc2)o1)c1ccc(OC(F)(F)F)s1. The van der Waals surface area contributed by atoms with Crippen molar-refractivity contribution >= 4 is 23.3 Å². The van der Waals surface area contributed by atoms with Crippen molar-refractivity contribution in [1.29, 1.82) is 0 Å². The van der Waals surface area contributed by atoms with Gasteiger partial charge in [0.25, 0.3) is 5.91 Å². The lowest BCUT2D eigenvalue weighted by molar-refractivity contribution is -0.273. The average molecular weight is 355 g/mol. The maximum atomic E-state index is 12.1. The van der Waals surface area contributed by atoms with Crippen LogP contribution in [-0.4, -0.2) is 22.5 Å². The molecular weight excluding hydrogens is 347 g/mol. The zero-order chi connectivity index (χ0) is 17.2. The smallest absolute Gasteiger partial charge is 0.403 e. The van der Waals surface area contributed by atoms with Crippen LogP contribution in [0.1, 0.15) is 9.67 Å². The van der Waals surface area contributed by atoms with Crippen molar-refractivity contribution in [3.63, 3.8) is 0 Å². The van der Waals surface area contributed by atoms with E-state index in [9.17, 15) is 18.0 Å². The van der Waals surface area contributed by atoms with E-state index in [0.29, 0.717) is 16.9 Å². The number of ether oxygens (including phenoxy) is 1. The standard InChI is InChI=1S/C14H8F3N3O3S/c15-14(16,17)23-10-7-6-9(24-10)11(21)18-13-20-19-12(22-13)8-4-2-1-3-5-8/h1-7H,(H,18,20,21). The third-order valence-corrected chi connectivity index (χ3v) is 3.65. The molecule has 0 radical (unpaired) electrons. The number of thiophene rings is 1. The molecule has 1 aromatic carbocycles. The molecule has 3 aromatic rings. The maximum absolute atomic E-state index is 12.1. The van der Waals surface area contributed by atoms with E-state index in [1.54, 1.807) is 24.3 Å². The third kappa shape index (κ3) is 3.90. The molecule has 1 N–H and O–H groups in total. The lowest BCUT2D eigenvalue weighted by atomic mass is 10.2. The number of nitrogens with one attached hydrogen (secondary N) is 1. The molecule has 0 aliphatic rings. The number of carbonyl (C=O) groups is 1. The highest BCUT2D eigenvalue weighted by molar-refractivity contribution is 7.15. The second kappa shape index (κ2) is 6.32. The number of aromatic nitrogens is 2. The van der Waals surface area contributed by atoms with E-state index in [-0.39, 0.29) is 16.8 Å². The fourth-order valence-corrected chi connectivity index (χ4v) is 2.51. The number of amides is 1. The Hall–Kier alpha value is -2.88. The first kappa shape index (κ1) is 16.0. The van der Waals surface area contributed by atoms with Crippen LogP contribution < -0.4 is 10.1 Å². The number of alkyl halides is 3. The van der Waals surface area contributed by atoms with Gasteiger partial charge in [0.15, 0.2) is 5.06 Å². The van der Waals surface area contributed by atoms with E-state index in [0.717, 1.165) is 6.07 Å². The van der Waals surface area contributed by atoms with E-state index >= 15 is 0 Å². The monoisotopic (exact) mass is 355 g/mol. The van der Waals surface area contributed by atoms with E-state index in [4.69, 9.17) is 4.42 Å². The predicted molar refractivity (Wildman–Crippen MR) is 78.7 cm³/mol. The van der Waals surface area contributed by atoms with Crippen molar-refractivity contribution in [2.45, 2.75) is 6.36 Å². The predicted octanol–water partition coefficient (Wildman–Crippen LogP) is 3.95. The Kier molecular flexibility index (Phi) is 4.21. The number of hydrogen-bond acceptors (Lipinski definition) is 6. The number of halogens is 3. The molecule has 0 aliphatic carbocycles. The molecule has 3 rings (SSSR count). The van der Waals surface area contributed by atoms with Gasteiger partial charge in [-0.25, -0.2) is 0 Å². The number of carbonyl (C=O) groups excluding carboxylic acids is 1. The number of benzene rings is 1. The Labute approximate surface area is 136 Å². The molecule has 2 heterocycles. The Morgan fingerprint density at radius 1 is 1.12 bits per heavy atom. The summed E-state index contributed by atoms with van der Waals surface area (Å²) in [5.41, 5.74) is 0.669. The van der Waals surface area contributed by atoms with Gasteiger partial charge in [-0.2, -0.15) is 0 Å². The molecule has 0 spiro atoms. The summed E-state index contributed by atoms with van der Waals surface area (Å²) in [5, 5.41) is 9.33. The summed E-state index contributed by atoms with van der Waals surface area (Å²) in [6.45, 7) is 0. The molecule has 0 unspecified atom stereocenters. The van der Waals surface area contributed by atoms with Crippen LogP contribution in [0.25, 0.3) is 11.5 Å². The molecule has 24 heavy (non-hydrogen) atoms. The Bertz CT molecular complexity index is 846. The normalized spacial score (nSPS) is 11.3. The molecule has 0 bridgehead atoms. The van der Waals surface area contributed by atoms with Gasteiger partial charge in [0.2, 0.25) is 5.89 Å². The second-order valence-electron chi connectivity index (χ2n) is 4.40. The van der Waals surface area contributed by atoms with Crippen LogP contribution in [0, 0.1) is 0 Å². The van der Waals surface area contributed by atoms with Crippen LogP contribution in [0.4, 0.5) is 19.2 Å². The van der Waals surface area contributed by atoms with Crippen molar-refractivity contribution in [2.24, 2.45) is 0 Å². The fourth-order valence-electron chi connectivity index (χ4n) is 1.74. The lowest BCUT2D eigenvalue weighted by Gasteiger charge is -2.04. The molecule has 124 valence electrons. The van der Waals surface area contributed by atoms with Crippen LogP contribution in [-0.2, 0) is 0 Å². The Morgan fingerprint density at radius 3 is 2.58 bits per heavy atom. The minimum absolute atomic E-state index is 0.00807. The first-order valence-electron chi connectivity index (χ1n) is 6.46. The zero-order valence-corrected chi connectivity index (χ0v) is 12.5. The number of hydrogen-bond donors (Lipinski definition) is 1. The Balaban J connectivity index is 1.68. The topological polar surface area (TPSA) is 77.3 Å². The molecule has 2 aromatic heterocycles. The number of anilines is 1. The molecule has 1 amide bonds. The van der Waals surface area contributed by atoms with E-state index in [2.05, 4.69) is 20.3 Å². The van der Waals surface area contributed by atoms with Gasteiger partial charge in [0.1, 0.15) is 0 Å². The van der Waals surface area contributed by atoms with E-state index in [1.165, 1.54) is 6.07 Å². The van der Waals surface area contributed by atoms with Gasteiger partial charge in [-0.1, -0.05) is 34.6 Å². The maximum Gasteiger partial charge on any atom is 0.573 e. The van der Waals surface area contributed by atoms with Gasteiger partial charge in [0, 0.05) is 5.56 Å². The largest absolute Gasteiger partial charge is 0.573 e. The highest BCUT2D eigenvalue weighted by Crippen LogP contribution is 2.30. The van der Waals surface area contributed by atoms with E-state index in [1.807, 2.05) is 6.07 Å². The zero-order valence-electron chi connectivity index (χ0n) is 11.7. The minimum atomic E-state index is -4.81. The van der Waals surface area contributed by atoms with Crippen LogP contribution in [0.3, 0.4) is 0 Å². The van der Waals surface area contributed by atoms with Crippen molar-refractivity contribution in [3.05, 3.63) is 47.3 Å². The van der Waals surface area contributed by atoms with Crippen molar-refractivity contribution in [3.8, 4) is 16.5 Å². The summed E-state index contributed by atoms with van der Waals surface area (Å²) in [6.07, 6.45) is -4.81. The number of nitrogens with zero attached hydrogens (tertiary/aromatic N) is 2. The van der Waals surface area contributed by atoms with Crippen molar-refractivity contribution in [1.82, 2.24) is 10.2 Å². The van der Waals surface area contributed by atoms with Crippen LogP contribution in [0.15, 0.2) is 46.9 Å². The molecular formula is C14H8F3N3O3S. The van der Waals surface area contributed by atoms with Gasteiger partial charge in [-0.15, -0.1) is 18.3 Å². The second-order valence-corrected chi connectivity index (χ2v) is 5.45. The van der Waals surface area contributed by atoms with Gasteiger partial charge in [-0.3, -0.25) is 10.1 Å². The summed E-state index contributed by atoms with van der Waals surface area (Å²) >= 11 is 0.546. The third-order valence-electron chi connectivity index (χ3n) is 2.69. The molecule has 0 fully saturated rings. The van der Waals surface area contributed by atoms with Crippen molar-refractivity contribution < 1.29 is 27.1 Å². The highest BCUT2D eigenvalue weighted by atomic mass is 32.1. The summed E-state index contributed by atoms with van der Waals surface area (Å²) in [7, 11) is 0. The van der Waals surface area contributed by atoms with Gasteiger partial charge >= 0.3 is 12.4 Å². The van der Waals surface area contributed by atoms with Crippen LogP contribution in [0.2, 0.25) is 0 Å². The minimum Gasteiger partial charge on any atom is -0.403 e. The highest BCUT2D eigenvalue weighted by Gasteiger charge is 2.32.